The van der Waals surface area contributed by atoms with Gasteiger partial charge in [-0.1, -0.05) is 0 Å². The summed E-state index contributed by atoms with van der Waals surface area (Å²) in [6.07, 6.45) is 8.61. The van der Waals surface area contributed by atoms with Crippen LogP contribution >= 0.6 is 0 Å². The molecule has 0 nitrogen and oxygen atoms in total. The van der Waals surface area contributed by atoms with Crippen LogP contribution in [0.15, 0.2) is 21.0 Å². The van der Waals surface area contributed by atoms with Gasteiger partial charge in [0.05, 0.1) is 0 Å². The molecule has 1 rings (SSSR count). The Hall–Kier alpha value is 0.363. The molecule has 0 aromatic carbocycles. The van der Waals surface area contributed by atoms with E-state index in [0.717, 1.165) is 5.92 Å². The van der Waals surface area contributed by atoms with Crippen LogP contribution in [0.25, 0.3) is 0 Å². The molecule has 0 saturated heterocycles. The van der Waals surface area contributed by atoms with Crippen molar-refractivity contribution in [3.8, 4) is 0 Å². The van der Waals surface area contributed by atoms with Crippen LogP contribution in [0.5, 0.6) is 0 Å². The standard InChI is InChI=1S/C10H15.Zr/c1-9(2)7-8-10-5-3-4-6-10;/h5-6,9H,3,7-8H2,1-2H3;. The second-order valence-corrected chi connectivity index (χ2v) is 5.16. The molecular weight excluding hydrogens is 211 g/mol. The molecule has 0 radical (unpaired) electrons. The van der Waals surface area contributed by atoms with Crippen molar-refractivity contribution < 1.29 is 24.7 Å². The van der Waals surface area contributed by atoms with Gasteiger partial charge in [-0.05, 0) is 0 Å². The van der Waals surface area contributed by atoms with Crippen molar-refractivity contribution in [2.24, 2.45) is 5.92 Å². The van der Waals surface area contributed by atoms with E-state index in [-0.39, 0.29) is 0 Å². The van der Waals surface area contributed by atoms with Crippen molar-refractivity contribution >= 4 is 0 Å². The van der Waals surface area contributed by atoms with Gasteiger partial charge in [-0.25, -0.2) is 0 Å². The van der Waals surface area contributed by atoms with Gasteiger partial charge in [-0.15, -0.1) is 0 Å². The summed E-state index contributed by atoms with van der Waals surface area (Å²) in [4.78, 5) is 0. The fourth-order valence-corrected chi connectivity index (χ4v) is 1.92. The Kier molecular flexibility index (Phi) is 3.78. The Balaban J connectivity index is 2.28. The van der Waals surface area contributed by atoms with Crippen molar-refractivity contribution in [3.05, 3.63) is 21.0 Å². The van der Waals surface area contributed by atoms with Gasteiger partial charge in [0.25, 0.3) is 0 Å². The third kappa shape index (κ3) is 3.51. The van der Waals surface area contributed by atoms with E-state index in [0.29, 0.717) is 0 Å². The predicted molar refractivity (Wildman–Crippen MR) is 44.9 cm³/mol. The van der Waals surface area contributed by atoms with Gasteiger partial charge >= 0.3 is 84.8 Å². The zero-order valence-corrected chi connectivity index (χ0v) is 9.81. The normalized spacial score (nSPS) is 16.9. The summed E-state index contributed by atoms with van der Waals surface area (Å²) in [5.41, 5.74) is 1.57. The number of hydrogen-bond donors (Lipinski definition) is 0. The topological polar surface area (TPSA) is 0 Å². The minimum atomic E-state index is 0.846. The Labute approximate surface area is 84.6 Å². The van der Waals surface area contributed by atoms with Gasteiger partial charge in [0.2, 0.25) is 0 Å². The molecule has 0 fully saturated rings. The van der Waals surface area contributed by atoms with Gasteiger partial charge in [0.1, 0.15) is 0 Å². The molecule has 59 valence electrons. The minimum absolute atomic E-state index is 0.846. The molecule has 1 aliphatic rings. The van der Waals surface area contributed by atoms with E-state index in [4.69, 9.17) is 0 Å². The van der Waals surface area contributed by atoms with Crippen LogP contribution in [0.1, 0.15) is 33.1 Å². The first-order chi connectivity index (χ1) is 5.18. The third-order valence-corrected chi connectivity index (χ3v) is 2.81. The van der Waals surface area contributed by atoms with Crippen LogP contribution in [0, 0.1) is 5.92 Å². The molecule has 0 bridgehead atoms. The zero-order valence-electron chi connectivity index (χ0n) is 7.35. The molecule has 11 heavy (non-hydrogen) atoms. The van der Waals surface area contributed by atoms with Gasteiger partial charge in [-0.2, -0.15) is 0 Å². The van der Waals surface area contributed by atoms with E-state index in [1.54, 1.807) is 33.6 Å². The summed E-state index contributed by atoms with van der Waals surface area (Å²) in [7, 11) is 0. The Morgan fingerprint density at radius 3 is 2.73 bits per heavy atom. The third-order valence-electron chi connectivity index (χ3n) is 1.95. The molecule has 1 heteroatoms. The first-order valence-corrected chi connectivity index (χ1v) is 5.52. The molecule has 0 atom stereocenters. The first kappa shape index (κ1) is 9.45. The number of allylic oxidation sites excluding steroid dienone is 4. The van der Waals surface area contributed by atoms with Gasteiger partial charge in [0, 0.05) is 0 Å². The maximum absolute atomic E-state index is 2.38. The van der Waals surface area contributed by atoms with Gasteiger partial charge in [0.15, 0.2) is 0 Å². The van der Waals surface area contributed by atoms with E-state index >= 15 is 0 Å². The van der Waals surface area contributed by atoms with Crippen LogP contribution in [-0.4, -0.2) is 0 Å². The second-order valence-electron chi connectivity index (χ2n) is 3.59. The summed E-state index contributed by atoms with van der Waals surface area (Å²) in [6.45, 7) is 4.58. The predicted octanol–water partition coefficient (Wildman–Crippen LogP) is 3.18. The molecule has 0 amide bonds. The summed E-state index contributed by atoms with van der Waals surface area (Å²) in [5, 5.41) is 0. The van der Waals surface area contributed by atoms with Gasteiger partial charge in [-0.3, -0.25) is 0 Å². The van der Waals surface area contributed by atoms with E-state index in [1.807, 2.05) is 0 Å². The summed E-state index contributed by atoms with van der Waals surface area (Å²) in [6, 6.07) is 0. The molecule has 0 N–H and O–H groups in total. The van der Waals surface area contributed by atoms with E-state index in [9.17, 15) is 0 Å². The Morgan fingerprint density at radius 1 is 1.55 bits per heavy atom. The van der Waals surface area contributed by atoms with Crippen molar-refractivity contribution in [1.82, 2.24) is 0 Å². The average molecular weight is 226 g/mol. The maximum atomic E-state index is 2.38. The van der Waals surface area contributed by atoms with Crippen molar-refractivity contribution in [1.29, 1.82) is 0 Å². The quantitative estimate of drug-likeness (QED) is 0.693. The van der Waals surface area contributed by atoms with E-state index < -0.39 is 0 Å². The SMILES string of the molecule is CC(C)CCC1=CC[C]([Zr])=C1. The number of rotatable bonds is 3. The molecule has 0 aromatic rings. The first-order valence-electron chi connectivity index (χ1n) is 4.29. The molecule has 0 unspecified atom stereocenters. The monoisotopic (exact) mass is 225 g/mol. The Morgan fingerprint density at radius 2 is 2.27 bits per heavy atom. The second kappa shape index (κ2) is 4.40. The molecule has 1 aliphatic carbocycles. The fourth-order valence-electron chi connectivity index (χ4n) is 1.21. The molecule has 0 aromatic heterocycles. The van der Waals surface area contributed by atoms with Crippen LogP contribution in [-0.2, 0) is 24.7 Å². The molecule has 0 spiro atoms. The van der Waals surface area contributed by atoms with Crippen molar-refractivity contribution in [3.63, 3.8) is 0 Å². The Bertz CT molecular complexity index is 187. The van der Waals surface area contributed by atoms with E-state index in [1.165, 1.54) is 19.3 Å². The molecular formula is C10H15Zr. The van der Waals surface area contributed by atoms with Crippen LogP contribution in [0.3, 0.4) is 0 Å². The summed E-state index contributed by atoms with van der Waals surface area (Å²) >= 11 is 1.59. The van der Waals surface area contributed by atoms with Crippen LogP contribution in [0.4, 0.5) is 0 Å². The van der Waals surface area contributed by atoms with Crippen molar-refractivity contribution in [2.45, 2.75) is 33.1 Å². The summed E-state index contributed by atoms with van der Waals surface area (Å²) in [5.74, 6) is 0.846. The number of hydrogen-bond acceptors (Lipinski definition) is 0. The fraction of sp³-hybridized carbons (Fsp3) is 0.600. The molecule has 0 saturated carbocycles. The summed E-state index contributed by atoms with van der Waals surface area (Å²) < 4.78 is 1.61. The molecule has 0 heterocycles. The van der Waals surface area contributed by atoms with Crippen LogP contribution < -0.4 is 0 Å². The average Bonchev–Trinajstić information content (AvgIpc) is 2.31. The van der Waals surface area contributed by atoms with Crippen LogP contribution in [0.2, 0.25) is 0 Å². The zero-order chi connectivity index (χ0) is 8.27. The molecule has 0 aliphatic heterocycles. The van der Waals surface area contributed by atoms with E-state index in [2.05, 4.69) is 26.0 Å². The van der Waals surface area contributed by atoms with Gasteiger partial charge < -0.3 is 0 Å². The van der Waals surface area contributed by atoms with Crippen molar-refractivity contribution in [2.75, 3.05) is 0 Å².